The molecule has 1 saturated carbocycles. The number of aliphatic hydroxyl groups is 3. The molecule has 0 bridgehead atoms. The van der Waals surface area contributed by atoms with Gasteiger partial charge in [0.05, 0.1) is 17.3 Å². The van der Waals surface area contributed by atoms with Gasteiger partial charge in [-0.3, -0.25) is 24.3 Å². The molecule has 0 spiro atoms. The Bertz CT molecular complexity index is 1530. The minimum Gasteiger partial charge on any atom is -0.508 e. The first-order valence-corrected chi connectivity index (χ1v) is 13.1. The fraction of sp³-hybridized carbons (Fsp3) is 0.379. The zero-order valence-electron chi connectivity index (χ0n) is 23.2. The quantitative estimate of drug-likeness (QED) is 0.217. The van der Waals surface area contributed by atoms with E-state index >= 15 is 0 Å². The second-order valence-corrected chi connectivity index (χ2v) is 11.2. The second kappa shape index (κ2) is 9.89. The number of hydrogen-bond donors (Lipinski definition) is 6. The third-order valence-electron chi connectivity index (χ3n) is 8.38. The van der Waals surface area contributed by atoms with Gasteiger partial charge < -0.3 is 36.4 Å². The standard InChI is InChI=1S/C29H33N5O7/c1-33(2)18-10-17(32-12-13-6-5-7-31-11-13)23(35)20-15(18)8-14-9-16-22(34(3)4)25(37)21(28(30)40)27(39)29(16,41)26(38)19(14)24(20)36/h5-7,10-11,14,16,22,32,35-36,39,41H,8-9,12H2,1-4H3,(H2,30,40). The Labute approximate surface area is 236 Å². The van der Waals surface area contributed by atoms with Gasteiger partial charge in [0.1, 0.15) is 22.8 Å². The number of carbonyl (C=O) groups excluding carboxylic acids is 3. The lowest BCUT2D eigenvalue weighted by Crippen LogP contribution is -2.65. The van der Waals surface area contributed by atoms with Crippen molar-refractivity contribution >= 4 is 34.6 Å². The van der Waals surface area contributed by atoms with Crippen molar-refractivity contribution in [3.05, 3.63) is 64.2 Å². The van der Waals surface area contributed by atoms with Crippen LogP contribution in [-0.4, -0.2) is 87.6 Å². The number of primary amides is 1. The Balaban J connectivity index is 1.68. The number of benzene rings is 1. The minimum atomic E-state index is -2.68. The van der Waals surface area contributed by atoms with Gasteiger partial charge in [-0.2, -0.15) is 0 Å². The number of ketones is 2. The summed E-state index contributed by atoms with van der Waals surface area (Å²) in [6.45, 7) is 0.321. The van der Waals surface area contributed by atoms with E-state index in [4.69, 9.17) is 5.73 Å². The fourth-order valence-electron chi connectivity index (χ4n) is 6.53. The highest BCUT2D eigenvalue weighted by Gasteiger charge is 2.64. The first-order chi connectivity index (χ1) is 19.3. The summed E-state index contributed by atoms with van der Waals surface area (Å²) in [7, 11) is 6.76. The molecular formula is C29H33N5O7. The topological polar surface area (TPSA) is 190 Å². The van der Waals surface area contributed by atoms with Crippen LogP contribution < -0.4 is 16.0 Å². The number of aromatic hydroxyl groups is 1. The van der Waals surface area contributed by atoms with Crippen LogP contribution in [0.2, 0.25) is 0 Å². The normalized spacial score (nSPS) is 25.6. The van der Waals surface area contributed by atoms with E-state index in [0.717, 1.165) is 5.56 Å². The number of hydrogen-bond acceptors (Lipinski definition) is 11. The van der Waals surface area contributed by atoms with E-state index in [9.17, 15) is 34.8 Å². The summed E-state index contributed by atoms with van der Waals surface area (Å²) < 4.78 is 0. The second-order valence-electron chi connectivity index (χ2n) is 11.2. The van der Waals surface area contributed by atoms with E-state index in [-0.39, 0.29) is 29.7 Å². The lowest BCUT2D eigenvalue weighted by atomic mass is 9.57. The van der Waals surface area contributed by atoms with Gasteiger partial charge in [-0.05, 0) is 56.1 Å². The molecule has 0 aliphatic heterocycles. The number of nitrogens with one attached hydrogen (secondary N) is 1. The maximum absolute atomic E-state index is 14.1. The number of amides is 1. The lowest BCUT2D eigenvalue weighted by Gasteiger charge is -2.50. The third kappa shape index (κ3) is 4.13. The average molecular weight is 564 g/mol. The predicted octanol–water partition coefficient (Wildman–Crippen LogP) is 1.04. The molecule has 7 N–H and O–H groups in total. The number of aliphatic hydroxyl groups excluding tert-OH is 2. The molecule has 12 nitrogen and oxygen atoms in total. The summed E-state index contributed by atoms with van der Waals surface area (Å²) in [5, 5.41) is 48.9. The number of rotatable bonds is 6. The number of nitrogens with zero attached hydrogens (tertiary/aromatic N) is 3. The Kier molecular flexibility index (Phi) is 6.79. The molecule has 0 radical (unpaired) electrons. The summed E-state index contributed by atoms with van der Waals surface area (Å²) in [6, 6.07) is 4.27. The molecule has 5 rings (SSSR count). The number of aromatic nitrogens is 1. The highest BCUT2D eigenvalue weighted by Crippen LogP contribution is 2.54. The molecule has 4 unspecified atom stereocenters. The maximum atomic E-state index is 14.1. The van der Waals surface area contributed by atoms with Crippen molar-refractivity contribution in [1.29, 1.82) is 0 Å². The molecule has 1 fully saturated rings. The van der Waals surface area contributed by atoms with E-state index in [1.807, 2.05) is 25.1 Å². The molecule has 3 aliphatic carbocycles. The van der Waals surface area contributed by atoms with Crippen molar-refractivity contribution in [2.24, 2.45) is 17.6 Å². The van der Waals surface area contributed by atoms with Crippen molar-refractivity contribution in [2.45, 2.75) is 31.0 Å². The Hall–Kier alpha value is -4.42. The maximum Gasteiger partial charge on any atom is 0.255 e. The van der Waals surface area contributed by atoms with Crippen LogP contribution in [0.25, 0.3) is 5.76 Å². The number of carbonyl (C=O) groups is 3. The fourth-order valence-corrected chi connectivity index (χ4v) is 6.53. The molecule has 216 valence electrons. The number of phenols is 1. The summed E-state index contributed by atoms with van der Waals surface area (Å²) in [4.78, 5) is 46.8. The Morgan fingerprint density at radius 2 is 1.90 bits per heavy atom. The first kappa shape index (κ1) is 28.1. The van der Waals surface area contributed by atoms with Gasteiger partial charge in [0.15, 0.2) is 11.4 Å². The number of Topliss-reactive ketones (excluding diaryl/α,β-unsaturated/α-hetero) is 2. The van der Waals surface area contributed by atoms with Crippen molar-refractivity contribution in [2.75, 3.05) is 38.4 Å². The van der Waals surface area contributed by atoms with Crippen LogP contribution in [0.3, 0.4) is 0 Å². The monoisotopic (exact) mass is 563 g/mol. The van der Waals surface area contributed by atoms with Crippen LogP contribution in [0, 0.1) is 11.8 Å². The van der Waals surface area contributed by atoms with Gasteiger partial charge >= 0.3 is 0 Å². The molecule has 4 atom stereocenters. The van der Waals surface area contributed by atoms with Crippen LogP contribution in [0.15, 0.2) is 47.5 Å². The molecule has 1 aromatic heterocycles. The van der Waals surface area contributed by atoms with Gasteiger partial charge in [-0.15, -0.1) is 0 Å². The SMILES string of the molecule is CN(C)c1cc(NCc2cccnc2)c(O)c2c1CC1CC3C(N(C)C)C(=O)C(C(N)=O)=C(O)C3(O)C(=O)C1=C2O. The van der Waals surface area contributed by atoms with Crippen LogP contribution in [0.5, 0.6) is 5.75 Å². The number of fused-ring (bicyclic) bond motifs is 3. The third-order valence-corrected chi connectivity index (χ3v) is 8.38. The molecule has 41 heavy (non-hydrogen) atoms. The van der Waals surface area contributed by atoms with Crippen molar-refractivity contribution in [1.82, 2.24) is 9.88 Å². The lowest BCUT2D eigenvalue weighted by molar-refractivity contribution is -0.153. The zero-order chi connectivity index (χ0) is 30.0. The van der Waals surface area contributed by atoms with Gasteiger partial charge in [0.2, 0.25) is 5.78 Å². The zero-order valence-corrected chi connectivity index (χ0v) is 23.2. The molecule has 2 aromatic rings. The number of phenolic OH excluding ortho intramolecular Hbond substituents is 1. The molecule has 0 saturated heterocycles. The highest BCUT2D eigenvalue weighted by atomic mass is 16.3. The molecule has 3 aliphatic rings. The van der Waals surface area contributed by atoms with Crippen LogP contribution in [-0.2, 0) is 27.3 Å². The molecule has 1 heterocycles. The summed E-state index contributed by atoms with van der Waals surface area (Å²) in [5.41, 5.74) is 4.13. The molecular weight excluding hydrogens is 530 g/mol. The van der Waals surface area contributed by atoms with E-state index < -0.39 is 58.0 Å². The highest BCUT2D eigenvalue weighted by molar-refractivity contribution is 6.24. The number of anilines is 2. The summed E-state index contributed by atoms with van der Waals surface area (Å²) in [6.07, 6.45) is 3.55. The van der Waals surface area contributed by atoms with Crippen molar-refractivity contribution in [3.63, 3.8) is 0 Å². The largest absolute Gasteiger partial charge is 0.508 e. The summed E-state index contributed by atoms with van der Waals surface area (Å²) in [5.74, 6) is -6.81. The van der Waals surface area contributed by atoms with Crippen LogP contribution in [0.1, 0.15) is 23.1 Å². The van der Waals surface area contributed by atoms with E-state index in [1.165, 1.54) is 4.90 Å². The number of nitrogens with two attached hydrogens (primary N) is 1. The summed E-state index contributed by atoms with van der Waals surface area (Å²) >= 11 is 0. The van der Waals surface area contributed by atoms with Gasteiger partial charge in [0, 0.05) is 50.2 Å². The number of pyridine rings is 1. The van der Waals surface area contributed by atoms with Crippen LogP contribution >= 0.6 is 0 Å². The predicted molar refractivity (Wildman–Crippen MR) is 150 cm³/mol. The van der Waals surface area contributed by atoms with Gasteiger partial charge in [-0.1, -0.05) is 6.07 Å². The minimum absolute atomic E-state index is 0.0282. The van der Waals surface area contributed by atoms with Crippen molar-refractivity contribution < 1.29 is 34.8 Å². The first-order valence-electron chi connectivity index (χ1n) is 13.1. The van der Waals surface area contributed by atoms with Crippen molar-refractivity contribution in [3.8, 4) is 5.75 Å². The Morgan fingerprint density at radius 1 is 1.20 bits per heavy atom. The average Bonchev–Trinajstić information content (AvgIpc) is 2.90. The van der Waals surface area contributed by atoms with Gasteiger partial charge in [-0.25, -0.2) is 0 Å². The van der Waals surface area contributed by atoms with E-state index in [1.54, 1.807) is 38.6 Å². The smallest absolute Gasteiger partial charge is 0.255 e. The van der Waals surface area contributed by atoms with Crippen LogP contribution in [0.4, 0.5) is 11.4 Å². The Morgan fingerprint density at radius 3 is 2.49 bits per heavy atom. The molecule has 1 amide bonds. The van der Waals surface area contributed by atoms with E-state index in [2.05, 4.69) is 10.3 Å². The number of likely N-dealkylation sites (N-methyl/N-ethyl adjacent to an activating group) is 1. The van der Waals surface area contributed by atoms with Gasteiger partial charge in [0.25, 0.3) is 5.91 Å². The van der Waals surface area contributed by atoms with E-state index in [0.29, 0.717) is 23.5 Å². The molecule has 1 aromatic carbocycles. The molecule has 12 heteroatoms.